The SMILES string of the molecule is C=C/C(=C\C=C(/C)Cl)C(=O)n1c(C)c(CC(N)=O)c2cc(OC)ccc21. The van der Waals surface area contributed by atoms with Gasteiger partial charge in [-0.2, -0.15) is 0 Å². The number of primary amides is 1. The van der Waals surface area contributed by atoms with Crippen molar-refractivity contribution in [1.29, 1.82) is 0 Å². The first-order valence-electron chi connectivity index (χ1n) is 7.97. The van der Waals surface area contributed by atoms with E-state index in [4.69, 9.17) is 22.1 Å². The third-order valence-electron chi connectivity index (χ3n) is 4.06. The lowest BCUT2D eigenvalue weighted by Gasteiger charge is -2.08. The van der Waals surface area contributed by atoms with Crippen LogP contribution in [0.15, 0.2) is 53.6 Å². The normalized spacial score (nSPS) is 12.3. The Morgan fingerprint density at radius 3 is 2.58 bits per heavy atom. The van der Waals surface area contributed by atoms with E-state index in [1.807, 2.05) is 0 Å². The van der Waals surface area contributed by atoms with E-state index in [-0.39, 0.29) is 12.3 Å². The van der Waals surface area contributed by atoms with E-state index in [0.29, 0.717) is 33.1 Å². The molecule has 26 heavy (non-hydrogen) atoms. The smallest absolute Gasteiger partial charge is 0.262 e. The van der Waals surface area contributed by atoms with Gasteiger partial charge in [0.05, 0.1) is 19.0 Å². The molecule has 0 unspecified atom stereocenters. The number of carbonyl (C=O) groups excluding carboxylic acids is 2. The summed E-state index contributed by atoms with van der Waals surface area (Å²) in [4.78, 5) is 24.6. The molecule has 2 aromatic rings. The average molecular weight is 373 g/mol. The third kappa shape index (κ3) is 3.89. The Labute approximate surface area is 157 Å². The predicted molar refractivity (Wildman–Crippen MR) is 105 cm³/mol. The molecule has 1 amide bonds. The maximum atomic E-state index is 13.1. The first-order valence-corrected chi connectivity index (χ1v) is 8.35. The van der Waals surface area contributed by atoms with Crippen molar-refractivity contribution in [3.8, 4) is 5.75 Å². The second-order valence-electron chi connectivity index (χ2n) is 5.81. The van der Waals surface area contributed by atoms with Crippen molar-refractivity contribution in [2.24, 2.45) is 5.73 Å². The number of ether oxygens (including phenoxy) is 1. The number of rotatable bonds is 6. The number of carbonyl (C=O) groups is 2. The molecule has 5 nitrogen and oxygen atoms in total. The van der Waals surface area contributed by atoms with Gasteiger partial charge in [-0.1, -0.05) is 24.3 Å². The maximum absolute atomic E-state index is 13.1. The lowest BCUT2D eigenvalue weighted by molar-refractivity contribution is -0.117. The largest absolute Gasteiger partial charge is 0.497 e. The molecule has 1 aromatic heterocycles. The van der Waals surface area contributed by atoms with Gasteiger partial charge in [0.15, 0.2) is 0 Å². The monoisotopic (exact) mass is 372 g/mol. The van der Waals surface area contributed by atoms with Crippen LogP contribution >= 0.6 is 11.6 Å². The number of nitrogens with two attached hydrogens (primary N) is 1. The molecule has 0 bridgehead atoms. The molecule has 0 aliphatic rings. The Bertz CT molecular complexity index is 948. The van der Waals surface area contributed by atoms with E-state index < -0.39 is 5.91 Å². The van der Waals surface area contributed by atoms with Crippen LogP contribution in [0.3, 0.4) is 0 Å². The van der Waals surface area contributed by atoms with Crippen molar-refractivity contribution in [2.45, 2.75) is 20.3 Å². The number of benzene rings is 1. The number of fused-ring (bicyclic) bond motifs is 1. The summed E-state index contributed by atoms with van der Waals surface area (Å²) in [7, 11) is 1.56. The molecule has 0 radical (unpaired) electrons. The Morgan fingerprint density at radius 2 is 2.04 bits per heavy atom. The minimum absolute atomic E-state index is 0.0314. The number of aromatic nitrogens is 1. The van der Waals surface area contributed by atoms with Gasteiger partial charge < -0.3 is 10.5 Å². The van der Waals surface area contributed by atoms with Crippen LogP contribution in [0.2, 0.25) is 0 Å². The number of hydrogen-bond donors (Lipinski definition) is 1. The minimum atomic E-state index is -0.470. The Morgan fingerprint density at radius 1 is 1.35 bits per heavy atom. The summed E-state index contributed by atoms with van der Waals surface area (Å²) in [5.74, 6) is -0.104. The highest BCUT2D eigenvalue weighted by Gasteiger charge is 2.21. The highest BCUT2D eigenvalue weighted by molar-refractivity contribution is 6.29. The molecule has 0 saturated carbocycles. The van der Waals surface area contributed by atoms with Crippen molar-refractivity contribution in [1.82, 2.24) is 4.57 Å². The average Bonchev–Trinajstić information content (AvgIpc) is 2.85. The molecule has 0 aliphatic heterocycles. The number of halogens is 1. The molecule has 0 atom stereocenters. The van der Waals surface area contributed by atoms with E-state index in [9.17, 15) is 9.59 Å². The first kappa shape index (κ1) is 19.5. The summed E-state index contributed by atoms with van der Waals surface area (Å²) < 4.78 is 6.82. The fourth-order valence-corrected chi connectivity index (χ4v) is 2.87. The summed E-state index contributed by atoms with van der Waals surface area (Å²) in [5.41, 5.74) is 7.79. The van der Waals surface area contributed by atoms with Crippen LogP contribution < -0.4 is 10.5 Å². The number of hydrogen-bond acceptors (Lipinski definition) is 3. The van der Waals surface area contributed by atoms with Crippen molar-refractivity contribution in [3.05, 3.63) is 64.9 Å². The van der Waals surface area contributed by atoms with Crippen LogP contribution in [0.5, 0.6) is 5.75 Å². The second kappa shape index (κ2) is 8.06. The van der Waals surface area contributed by atoms with E-state index in [2.05, 4.69) is 6.58 Å². The molecule has 1 heterocycles. The Balaban J connectivity index is 2.74. The Hall–Kier alpha value is -2.79. The molecule has 2 rings (SSSR count). The summed E-state index contributed by atoms with van der Waals surface area (Å²) in [6, 6.07) is 5.34. The second-order valence-corrected chi connectivity index (χ2v) is 6.41. The fourth-order valence-electron chi connectivity index (χ4n) is 2.81. The van der Waals surface area contributed by atoms with Gasteiger partial charge in [-0.05, 0) is 49.8 Å². The zero-order valence-electron chi connectivity index (χ0n) is 15.0. The molecule has 0 spiro atoms. The van der Waals surface area contributed by atoms with Crippen LogP contribution in [0.1, 0.15) is 23.0 Å². The van der Waals surface area contributed by atoms with Crippen molar-refractivity contribution in [2.75, 3.05) is 7.11 Å². The highest BCUT2D eigenvalue weighted by atomic mass is 35.5. The van der Waals surface area contributed by atoms with Crippen LogP contribution in [0.25, 0.3) is 10.9 Å². The molecule has 0 saturated heterocycles. The van der Waals surface area contributed by atoms with Crippen LogP contribution in [0.4, 0.5) is 0 Å². The maximum Gasteiger partial charge on any atom is 0.262 e. The van der Waals surface area contributed by atoms with E-state index in [1.54, 1.807) is 55.9 Å². The minimum Gasteiger partial charge on any atom is -0.497 e. The van der Waals surface area contributed by atoms with Crippen LogP contribution in [-0.4, -0.2) is 23.5 Å². The first-order chi connectivity index (χ1) is 12.3. The summed E-state index contributed by atoms with van der Waals surface area (Å²) in [6.07, 6.45) is 4.75. The van der Waals surface area contributed by atoms with Gasteiger partial charge in [0.25, 0.3) is 5.91 Å². The van der Waals surface area contributed by atoms with E-state index in [0.717, 1.165) is 5.39 Å². The van der Waals surface area contributed by atoms with Gasteiger partial charge in [-0.25, -0.2) is 0 Å². The van der Waals surface area contributed by atoms with Gasteiger partial charge in [-0.15, -0.1) is 0 Å². The number of allylic oxidation sites excluding steroid dienone is 5. The molecule has 0 aliphatic carbocycles. The van der Waals surface area contributed by atoms with Gasteiger partial charge in [0.2, 0.25) is 5.91 Å². The topological polar surface area (TPSA) is 74.3 Å². The summed E-state index contributed by atoms with van der Waals surface area (Å²) in [6.45, 7) is 7.21. The Kier molecular flexibility index (Phi) is 6.05. The molecular weight excluding hydrogens is 352 g/mol. The predicted octanol–water partition coefficient (Wildman–Crippen LogP) is 3.88. The van der Waals surface area contributed by atoms with Gasteiger partial charge in [0, 0.05) is 21.7 Å². The van der Waals surface area contributed by atoms with Crippen LogP contribution in [0, 0.1) is 6.92 Å². The van der Waals surface area contributed by atoms with Gasteiger partial charge in [-0.3, -0.25) is 14.2 Å². The lowest BCUT2D eigenvalue weighted by atomic mass is 10.1. The van der Waals surface area contributed by atoms with Crippen molar-refractivity contribution in [3.63, 3.8) is 0 Å². The molecule has 2 N–H and O–H groups in total. The molecule has 0 fully saturated rings. The summed E-state index contributed by atoms with van der Waals surface area (Å²) in [5, 5.41) is 1.30. The third-order valence-corrected chi connectivity index (χ3v) is 4.18. The lowest BCUT2D eigenvalue weighted by Crippen LogP contribution is -2.16. The van der Waals surface area contributed by atoms with Crippen molar-refractivity contribution < 1.29 is 14.3 Å². The molecule has 136 valence electrons. The number of amides is 1. The van der Waals surface area contributed by atoms with Crippen LogP contribution in [-0.2, 0) is 11.2 Å². The standard InChI is InChI=1S/C20H21ClN2O3/c1-5-14(7-6-12(2)21)20(25)23-13(3)16(11-19(22)24)17-10-15(26-4)8-9-18(17)23/h5-10H,1,11H2,2-4H3,(H2,22,24)/b12-6+,14-7+. The van der Waals surface area contributed by atoms with E-state index in [1.165, 1.54) is 6.08 Å². The zero-order valence-corrected chi connectivity index (χ0v) is 15.8. The van der Waals surface area contributed by atoms with Gasteiger partial charge in [0.1, 0.15) is 5.75 Å². The number of nitrogens with zero attached hydrogens (tertiary/aromatic N) is 1. The highest BCUT2D eigenvalue weighted by Crippen LogP contribution is 2.30. The van der Waals surface area contributed by atoms with Gasteiger partial charge >= 0.3 is 0 Å². The molecular formula is C20H21ClN2O3. The fraction of sp³-hybridized carbons (Fsp3) is 0.200. The van der Waals surface area contributed by atoms with E-state index >= 15 is 0 Å². The quantitative estimate of drug-likeness (QED) is 0.617. The summed E-state index contributed by atoms with van der Waals surface area (Å²) >= 11 is 5.85. The van der Waals surface area contributed by atoms with Crippen molar-refractivity contribution >= 4 is 34.3 Å². The molecule has 6 heteroatoms. The molecule has 1 aromatic carbocycles. The zero-order chi connectivity index (χ0) is 19.4. The number of methoxy groups -OCH3 is 1.